The van der Waals surface area contributed by atoms with Crippen molar-refractivity contribution in [1.82, 2.24) is 0 Å². The van der Waals surface area contributed by atoms with Gasteiger partial charge in [0.2, 0.25) is 0 Å². The number of carbonyl (C=O) groups excluding carboxylic acids is 1. The van der Waals surface area contributed by atoms with Crippen LogP contribution in [0.4, 0.5) is 0 Å². The van der Waals surface area contributed by atoms with Crippen molar-refractivity contribution >= 4 is 5.97 Å². The van der Waals surface area contributed by atoms with Crippen molar-refractivity contribution in [3.8, 4) is 22.6 Å². The van der Waals surface area contributed by atoms with Crippen molar-refractivity contribution < 1.29 is 31.3 Å². The fourth-order valence-corrected chi connectivity index (χ4v) is 5.44. The average molecular weight is 671 g/mol. The topological polar surface area (TPSA) is 35.5 Å². The summed E-state index contributed by atoms with van der Waals surface area (Å²) in [4.78, 5) is 12.6. The second-order valence-corrected chi connectivity index (χ2v) is 11.9. The fourth-order valence-electron chi connectivity index (χ4n) is 5.44. The molecular formula is C43H50FeO3+2. The molecule has 2 aliphatic rings. The largest absolute Gasteiger partial charge is 2.00 e. The van der Waals surface area contributed by atoms with E-state index in [4.69, 9.17) is 9.47 Å². The molecule has 0 unspecified atom stereocenters. The van der Waals surface area contributed by atoms with E-state index in [1.807, 2.05) is 93.5 Å². The van der Waals surface area contributed by atoms with E-state index in [2.05, 4.69) is 31.9 Å². The summed E-state index contributed by atoms with van der Waals surface area (Å²) in [6, 6.07) is 23.3. The summed E-state index contributed by atoms with van der Waals surface area (Å²) in [7, 11) is 0. The molecule has 0 N–H and O–H groups in total. The summed E-state index contributed by atoms with van der Waals surface area (Å²) >= 11 is 0. The van der Waals surface area contributed by atoms with Gasteiger partial charge >= 0.3 is 23.0 Å². The quantitative estimate of drug-likeness (QED) is 0.0585. The second kappa shape index (κ2) is 23.7. The van der Waals surface area contributed by atoms with Crippen molar-refractivity contribution in [1.29, 1.82) is 0 Å². The SMILES string of the molecule is CCCCCCCCCCCCCCOc1ccc(-c2ccc(OC(=O)c3ccc([C]4[CH][CH][CH][CH]4)cc3)cc2)cc1.[CH]1[CH][CH][CH][CH]1.[Fe+2]. The minimum Gasteiger partial charge on any atom is -0.494 e. The average Bonchev–Trinajstić information content (AvgIpc) is 3.86. The maximum atomic E-state index is 12.6. The van der Waals surface area contributed by atoms with Gasteiger partial charge in [-0.1, -0.05) is 114 Å². The molecule has 4 heteroatoms. The molecule has 0 amide bonds. The molecule has 0 aromatic heterocycles. The molecule has 0 saturated heterocycles. The Hall–Kier alpha value is -2.55. The zero-order valence-electron chi connectivity index (χ0n) is 27.9. The Morgan fingerprint density at radius 1 is 0.489 bits per heavy atom. The van der Waals surface area contributed by atoms with Gasteiger partial charge in [-0.3, -0.25) is 0 Å². The van der Waals surface area contributed by atoms with Crippen LogP contribution in [0.15, 0.2) is 72.8 Å². The molecule has 3 nitrogen and oxygen atoms in total. The van der Waals surface area contributed by atoms with E-state index in [9.17, 15) is 4.79 Å². The number of hydrogen-bond donors (Lipinski definition) is 0. The maximum Gasteiger partial charge on any atom is 2.00 e. The Balaban J connectivity index is 0.000000913. The van der Waals surface area contributed by atoms with Crippen LogP contribution in [0.5, 0.6) is 11.5 Å². The summed E-state index contributed by atoms with van der Waals surface area (Å²) in [6.07, 6.45) is 34.3. The summed E-state index contributed by atoms with van der Waals surface area (Å²) in [5.41, 5.74) is 3.78. The van der Waals surface area contributed by atoms with Crippen LogP contribution in [0.3, 0.4) is 0 Å². The molecule has 0 heterocycles. The smallest absolute Gasteiger partial charge is 0.494 e. The van der Waals surface area contributed by atoms with E-state index in [-0.39, 0.29) is 23.0 Å². The molecule has 0 aliphatic heterocycles. The van der Waals surface area contributed by atoms with Crippen LogP contribution in [-0.4, -0.2) is 12.6 Å². The van der Waals surface area contributed by atoms with Crippen LogP contribution < -0.4 is 9.47 Å². The zero-order chi connectivity index (χ0) is 32.1. The predicted octanol–water partition coefficient (Wildman–Crippen LogP) is 11.4. The van der Waals surface area contributed by atoms with E-state index in [1.54, 1.807) is 12.1 Å². The van der Waals surface area contributed by atoms with Crippen molar-refractivity contribution in [3.63, 3.8) is 0 Å². The molecular weight excluding hydrogens is 620 g/mol. The number of esters is 1. The third-order valence-corrected chi connectivity index (χ3v) is 8.19. The molecule has 0 bridgehead atoms. The van der Waals surface area contributed by atoms with Gasteiger partial charge in [0.25, 0.3) is 0 Å². The van der Waals surface area contributed by atoms with E-state index in [1.165, 1.54) is 70.6 Å². The first-order valence-electron chi connectivity index (χ1n) is 17.3. The van der Waals surface area contributed by atoms with E-state index < -0.39 is 0 Å². The Bertz CT molecular complexity index is 1200. The van der Waals surface area contributed by atoms with E-state index in [0.717, 1.165) is 41.4 Å². The Labute approximate surface area is 297 Å². The predicted molar refractivity (Wildman–Crippen MR) is 191 cm³/mol. The van der Waals surface area contributed by atoms with Gasteiger partial charge in [-0.05, 0) is 117 Å². The Morgan fingerprint density at radius 3 is 1.40 bits per heavy atom. The Kier molecular flexibility index (Phi) is 19.6. The third kappa shape index (κ3) is 15.0. The van der Waals surface area contributed by atoms with Gasteiger partial charge in [-0.2, -0.15) is 0 Å². The summed E-state index contributed by atoms with van der Waals surface area (Å²) in [5.74, 6) is 2.22. The first kappa shape index (κ1) is 38.9. The standard InChI is InChI=1S/C38H45O3.C5H5.Fe/c1-2-3-4-5-6-7-8-9-10-11-12-15-30-40-36-26-22-33(23-27-36)34-24-28-37(29-25-34)41-38(39)35-20-18-32(19-21-35)31-16-13-14-17-31;1-2-4-5-3-1;/h13-14,16-29H,2-12,15,30H2,1H3;1-5H;/q;;+2. The minimum atomic E-state index is -0.360. The number of ether oxygens (including phenoxy) is 2. The van der Waals surface area contributed by atoms with Gasteiger partial charge in [0, 0.05) is 5.92 Å². The second-order valence-electron chi connectivity index (χ2n) is 11.9. The zero-order valence-corrected chi connectivity index (χ0v) is 29.0. The normalized spacial score (nSPS) is 14.2. The van der Waals surface area contributed by atoms with Crippen LogP contribution in [0.1, 0.15) is 99.9 Å². The monoisotopic (exact) mass is 670 g/mol. The van der Waals surface area contributed by atoms with Gasteiger partial charge in [-0.25, -0.2) is 4.79 Å². The first-order valence-corrected chi connectivity index (χ1v) is 17.3. The summed E-state index contributed by atoms with van der Waals surface area (Å²) in [6.45, 7) is 3.05. The molecule has 10 radical (unpaired) electrons. The van der Waals surface area contributed by atoms with Gasteiger partial charge in [0.15, 0.2) is 0 Å². The molecule has 2 saturated carbocycles. The van der Waals surface area contributed by atoms with Crippen molar-refractivity contribution in [2.75, 3.05) is 6.61 Å². The number of carbonyl (C=O) groups is 1. The van der Waals surface area contributed by atoms with Crippen LogP contribution in [0.25, 0.3) is 11.1 Å². The van der Waals surface area contributed by atoms with Crippen molar-refractivity contribution in [3.05, 3.63) is 148 Å². The number of unbranched alkanes of at least 4 members (excludes halogenated alkanes) is 11. The molecule has 5 rings (SSSR count). The number of rotatable bonds is 18. The molecule has 0 spiro atoms. The molecule has 246 valence electrons. The fraction of sp³-hybridized carbons (Fsp3) is 0.326. The molecule has 2 aliphatic carbocycles. The maximum absolute atomic E-state index is 12.6. The van der Waals surface area contributed by atoms with Crippen LogP contribution in [0.2, 0.25) is 0 Å². The molecule has 47 heavy (non-hydrogen) atoms. The van der Waals surface area contributed by atoms with E-state index in [0.29, 0.717) is 11.3 Å². The summed E-state index contributed by atoms with van der Waals surface area (Å²) in [5, 5.41) is 0. The van der Waals surface area contributed by atoms with Crippen molar-refractivity contribution in [2.24, 2.45) is 0 Å². The molecule has 3 aromatic carbocycles. The number of benzene rings is 3. The van der Waals surface area contributed by atoms with Gasteiger partial charge < -0.3 is 9.47 Å². The molecule has 3 aromatic rings. The van der Waals surface area contributed by atoms with Gasteiger partial charge in [-0.15, -0.1) is 0 Å². The summed E-state index contributed by atoms with van der Waals surface area (Å²) < 4.78 is 11.6. The number of hydrogen-bond acceptors (Lipinski definition) is 3. The van der Waals surface area contributed by atoms with Gasteiger partial charge in [0.1, 0.15) is 11.5 Å². The van der Waals surface area contributed by atoms with Crippen LogP contribution in [0, 0.1) is 63.7 Å². The van der Waals surface area contributed by atoms with E-state index >= 15 is 0 Å². The van der Waals surface area contributed by atoms with Gasteiger partial charge in [0.05, 0.1) is 12.2 Å². The minimum absolute atomic E-state index is 0. The third-order valence-electron chi connectivity index (χ3n) is 8.19. The van der Waals surface area contributed by atoms with Crippen LogP contribution >= 0.6 is 0 Å². The Morgan fingerprint density at radius 2 is 0.915 bits per heavy atom. The molecule has 0 atom stereocenters. The van der Waals surface area contributed by atoms with Crippen LogP contribution in [-0.2, 0) is 17.1 Å². The first-order chi connectivity index (χ1) is 22.7. The molecule has 2 fully saturated rings. The van der Waals surface area contributed by atoms with Crippen molar-refractivity contribution in [2.45, 2.75) is 84.0 Å².